The highest BCUT2D eigenvalue weighted by Crippen LogP contribution is 2.45. The molecule has 0 bridgehead atoms. The number of benzene rings is 3. The summed E-state index contributed by atoms with van der Waals surface area (Å²) in [6, 6.07) is 30.9. The first-order valence-corrected chi connectivity index (χ1v) is 44.8. The summed E-state index contributed by atoms with van der Waals surface area (Å²) in [5.74, 6) is 4.36. The molecule has 3 spiro atoms. The molecule has 0 aliphatic carbocycles. The number of aromatic nitrogens is 12. The third kappa shape index (κ3) is 17.8. The average Bonchev–Trinajstić information content (AvgIpc) is 1.59. The van der Waals surface area contributed by atoms with E-state index in [2.05, 4.69) is 134 Å². The highest BCUT2D eigenvalue weighted by atomic mass is 32.2. The molecule has 5 N–H and O–H groups in total. The quantitative estimate of drug-likeness (QED) is 0.0593. The van der Waals surface area contributed by atoms with Gasteiger partial charge in [0.25, 0.3) is 10.1 Å². The molecule has 31 nitrogen and oxygen atoms in total. The first-order chi connectivity index (χ1) is 59.9. The Hall–Kier alpha value is -11.0. The summed E-state index contributed by atoms with van der Waals surface area (Å²) < 4.78 is 61.4. The number of aldehydes is 1. The van der Waals surface area contributed by atoms with Crippen LogP contribution in [0.15, 0.2) is 141 Å². The van der Waals surface area contributed by atoms with Gasteiger partial charge in [0.15, 0.2) is 58.0 Å². The predicted octanol–water partition coefficient (Wildman–Crippen LogP) is 13.8. The number of H-pyrrole nitrogens is 3. The molecule has 126 heavy (non-hydrogen) atoms. The Kier molecular flexibility index (Phi) is 25.1. The minimum Gasteiger partial charge on any atom is -0.432 e. The Morgan fingerprint density at radius 1 is 0.429 bits per heavy atom. The number of nitrogens with one attached hydrogen (secondary N) is 4. The van der Waals surface area contributed by atoms with Crippen molar-refractivity contribution in [2.24, 2.45) is 16.2 Å². The van der Waals surface area contributed by atoms with Gasteiger partial charge in [0, 0.05) is 184 Å². The van der Waals surface area contributed by atoms with E-state index in [0.717, 1.165) is 160 Å². The number of aromatic amines is 3. The molecule has 15 aromatic rings. The fourth-order valence-corrected chi connectivity index (χ4v) is 20.2. The molecular formula is C94H115N21O10S. The first-order valence-electron chi connectivity index (χ1n) is 43.0. The number of carbonyl (C=O) groups excluding carboxylic acids is 1. The van der Waals surface area contributed by atoms with Gasteiger partial charge in [-0.05, 0) is 181 Å². The zero-order valence-corrected chi connectivity index (χ0v) is 70.8. The van der Waals surface area contributed by atoms with Crippen molar-refractivity contribution >= 4 is 133 Å². The van der Waals surface area contributed by atoms with Crippen LogP contribution in [0, 0.1) is 16.2 Å². The van der Waals surface area contributed by atoms with E-state index in [1.807, 2.05) is 67.4 Å². The molecule has 3 atom stereocenters. The summed E-state index contributed by atoms with van der Waals surface area (Å²) in [5, 5.41) is 9.32. The minimum atomic E-state index is -3.67. The van der Waals surface area contributed by atoms with Crippen LogP contribution in [0.25, 0.3) is 133 Å². The van der Waals surface area contributed by atoms with E-state index < -0.39 is 10.1 Å². The van der Waals surface area contributed by atoms with Crippen molar-refractivity contribution in [2.75, 3.05) is 200 Å². The van der Waals surface area contributed by atoms with Crippen LogP contribution in [0.1, 0.15) is 82.3 Å². The Balaban J connectivity index is 0.000000122. The topological polar surface area (TPSA) is 340 Å². The van der Waals surface area contributed by atoms with Gasteiger partial charge in [-0.2, -0.15) is 8.42 Å². The maximum absolute atomic E-state index is 11.3. The van der Waals surface area contributed by atoms with Crippen LogP contribution in [0.3, 0.4) is 0 Å². The number of nitrogens with zero attached hydrogens (tertiary/aromatic N) is 17. The fourth-order valence-electron chi connectivity index (χ4n) is 20.2. The number of likely N-dealkylation sites (tertiary alicyclic amines) is 5. The molecule has 0 saturated carbocycles. The SMILES string of the molecule is C.C.C.CN1CCC2(CCN(Cc3cnc4oc5c(N6CCOCC6)nc(-c6cccc7[nH]ccc67)nc5c4c3)C2)C1.CN1CCC2(CCN(Cc3cnc4oc5c(N6CCOCC6)nc(-c6cccc7[nH]ccc67)nc5c4c3)C2)C1.CN1CCC2(CCNC2)C1.CS(=O)(=O)O.O=Cc1cnc2oc3c(N4CCOCC4)nc(-c4cccc5[nH]ccc45)nc3c2c1. The standard InChI is InChI=1S/2C30H33N7O2.C22H17N5O3.C8H16N2.CH4O3S.3CH4/c2*1-35-9-6-30(18-35)7-10-36(19-30)17-20-15-23-25-26(39-29(23)32-16-20)28(37-11-13-38-14-12-37)34-27(33-25)22-3-2-4-24-21(22)5-8-31-24;28-12-13-10-16-18-19(30-22(16)24-11-13)21(27-6-8-29-9-7-27)26-20(25-18)15-2-1-3-17-14(15)4-5-23-17;1-10-5-3-8(7-10)2-4-9-6-8;1-5(2,3)4;;;/h2*2-5,8,15-16,31H,6-7,9-14,17-19H2,1H3;1-5,10-12,23H,6-9H2;9H,2-7H2,1H3;1H3,(H,2,3,4);3*1H4. The van der Waals surface area contributed by atoms with Gasteiger partial charge < -0.3 is 77.1 Å². The van der Waals surface area contributed by atoms with Crippen molar-refractivity contribution in [3.05, 3.63) is 145 Å². The molecule has 3 aromatic carbocycles. The average molecular weight is 1730 g/mol. The Morgan fingerprint density at radius 3 is 1.12 bits per heavy atom. The Labute approximate surface area is 732 Å². The van der Waals surface area contributed by atoms with Crippen LogP contribution in [0.5, 0.6) is 0 Å². The van der Waals surface area contributed by atoms with Gasteiger partial charge in [0.1, 0.15) is 16.6 Å². The van der Waals surface area contributed by atoms with Crippen LogP contribution in [-0.2, 0) is 37.4 Å². The minimum absolute atomic E-state index is 0. The molecule has 9 aliphatic heterocycles. The highest BCUT2D eigenvalue weighted by molar-refractivity contribution is 7.85. The normalized spacial score (nSPS) is 21.4. The Bertz CT molecular complexity index is 6280. The van der Waals surface area contributed by atoms with Gasteiger partial charge >= 0.3 is 0 Å². The van der Waals surface area contributed by atoms with Crippen molar-refractivity contribution in [1.29, 1.82) is 0 Å². The second kappa shape index (κ2) is 36.4. The number of hydrogen-bond donors (Lipinski definition) is 5. The van der Waals surface area contributed by atoms with Gasteiger partial charge in [-0.3, -0.25) is 19.1 Å². The second-order valence-electron chi connectivity index (χ2n) is 35.2. The molecule has 0 radical (unpaired) electrons. The zero-order chi connectivity index (χ0) is 83.6. The molecule has 12 aromatic heterocycles. The van der Waals surface area contributed by atoms with Crippen molar-refractivity contribution < 1.29 is 45.2 Å². The summed E-state index contributed by atoms with van der Waals surface area (Å²) in [5.41, 5.74) is 16.6. The van der Waals surface area contributed by atoms with Crippen LogP contribution in [0.4, 0.5) is 17.5 Å². The maximum atomic E-state index is 11.3. The van der Waals surface area contributed by atoms with E-state index in [1.165, 1.54) is 108 Å². The lowest BCUT2D eigenvalue weighted by Crippen LogP contribution is -2.37. The molecular weight excluding hydrogens is 1620 g/mol. The van der Waals surface area contributed by atoms with E-state index in [-0.39, 0.29) is 22.3 Å². The van der Waals surface area contributed by atoms with Crippen LogP contribution in [0.2, 0.25) is 0 Å². The van der Waals surface area contributed by atoms with Gasteiger partial charge in [0.05, 0.1) is 62.1 Å². The lowest BCUT2D eigenvalue weighted by Gasteiger charge is -2.27. The van der Waals surface area contributed by atoms with Crippen molar-refractivity contribution in [2.45, 2.75) is 73.9 Å². The number of furan rings is 3. The summed E-state index contributed by atoms with van der Waals surface area (Å²) in [6.45, 7) is 24.8. The maximum Gasteiger partial charge on any atom is 0.261 e. The molecule has 21 heterocycles. The van der Waals surface area contributed by atoms with E-state index in [4.69, 9.17) is 71.9 Å². The van der Waals surface area contributed by atoms with Crippen molar-refractivity contribution in [1.82, 2.24) is 89.6 Å². The predicted molar refractivity (Wildman–Crippen MR) is 496 cm³/mol. The molecule has 24 rings (SSSR count). The van der Waals surface area contributed by atoms with Crippen molar-refractivity contribution in [3.8, 4) is 34.2 Å². The zero-order valence-electron chi connectivity index (χ0n) is 70.0. The van der Waals surface area contributed by atoms with E-state index in [0.29, 0.717) is 143 Å². The van der Waals surface area contributed by atoms with E-state index in [1.54, 1.807) is 6.07 Å². The number of fused-ring (bicyclic) bond motifs is 12. The number of pyridine rings is 3. The number of carbonyl (C=O) groups is 1. The molecule has 9 aliphatic rings. The first kappa shape index (κ1) is 87.1. The summed E-state index contributed by atoms with van der Waals surface area (Å²) >= 11 is 0. The van der Waals surface area contributed by atoms with Crippen LogP contribution < -0.4 is 20.0 Å². The van der Waals surface area contributed by atoms with Gasteiger partial charge in [-0.25, -0.2) is 44.9 Å². The molecule has 32 heteroatoms. The highest BCUT2D eigenvalue weighted by Gasteiger charge is 2.44. The molecule has 3 unspecified atom stereocenters. The van der Waals surface area contributed by atoms with Gasteiger partial charge in [-0.1, -0.05) is 58.7 Å². The smallest absolute Gasteiger partial charge is 0.261 e. The summed E-state index contributed by atoms with van der Waals surface area (Å²) in [4.78, 5) is 84.4. The van der Waals surface area contributed by atoms with Crippen molar-refractivity contribution in [3.63, 3.8) is 0 Å². The second-order valence-corrected chi connectivity index (χ2v) is 36.6. The van der Waals surface area contributed by atoms with Crippen LogP contribution in [-0.4, -0.2) is 288 Å². The number of ether oxygens (including phenoxy) is 3. The van der Waals surface area contributed by atoms with Crippen LogP contribution >= 0.6 is 0 Å². The Morgan fingerprint density at radius 2 is 0.778 bits per heavy atom. The summed E-state index contributed by atoms with van der Waals surface area (Å²) in [7, 11) is 3.06. The third-order valence-electron chi connectivity index (χ3n) is 26.2. The van der Waals surface area contributed by atoms with E-state index >= 15 is 0 Å². The number of anilines is 3. The largest absolute Gasteiger partial charge is 0.432 e. The molecule has 9 fully saturated rings. The fraction of sp³-hybridized carbons (Fsp3) is 0.447. The lowest BCUT2D eigenvalue weighted by atomic mass is 9.86. The molecule has 662 valence electrons. The van der Waals surface area contributed by atoms with Gasteiger partial charge in [0.2, 0.25) is 17.1 Å². The lowest BCUT2D eigenvalue weighted by molar-refractivity contribution is 0.112. The number of hydrogen-bond acceptors (Lipinski definition) is 27. The molecule has 9 saturated heterocycles. The number of rotatable bonds is 11. The van der Waals surface area contributed by atoms with E-state index in [9.17, 15) is 13.2 Å². The number of morpholine rings is 3. The van der Waals surface area contributed by atoms with Gasteiger partial charge in [-0.15, -0.1) is 0 Å². The monoisotopic (exact) mass is 1730 g/mol. The molecule has 0 amide bonds. The summed E-state index contributed by atoms with van der Waals surface area (Å²) in [6.07, 6.45) is 20.8. The third-order valence-corrected chi connectivity index (χ3v) is 26.2.